The van der Waals surface area contributed by atoms with Crippen molar-refractivity contribution in [2.45, 2.75) is 13.3 Å². The summed E-state index contributed by atoms with van der Waals surface area (Å²) in [6.45, 7) is 2.92. The number of aryl methyl sites for hydroxylation is 2. The van der Waals surface area contributed by atoms with Crippen LogP contribution in [0, 0.1) is 6.92 Å². The van der Waals surface area contributed by atoms with E-state index in [0.29, 0.717) is 36.4 Å². The van der Waals surface area contributed by atoms with E-state index in [9.17, 15) is 4.79 Å². The van der Waals surface area contributed by atoms with Gasteiger partial charge in [0, 0.05) is 19.3 Å². The SMILES string of the molecule is Cc1nn(C)cc1-c1nc(CC(N)=O)nn1-c1ccc2c(c1)OCCO2. The highest BCUT2D eigenvalue weighted by Gasteiger charge is 2.20. The van der Waals surface area contributed by atoms with Gasteiger partial charge >= 0.3 is 0 Å². The Kier molecular flexibility index (Phi) is 3.83. The van der Waals surface area contributed by atoms with Crippen molar-refractivity contribution in [2.24, 2.45) is 12.8 Å². The number of carbonyl (C=O) groups excluding carboxylic acids is 1. The van der Waals surface area contributed by atoms with Gasteiger partial charge in [-0.15, -0.1) is 0 Å². The zero-order valence-electron chi connectivity index (χ0n) is 14.5. The molecule has 0 saturated heterocycles. The maximum atomic E-state index is 11.3. The van der Waals surface area contributed by atoms with Gasteiger partial charge in [-0.25, -0.2) is 9.67 Å². The quantitative estimate of drug-likeness (QED) is 0.741. The van der Waals surface area contributed by atoms with Crippen molar-refractivity contribution in [1.29, 1.82) is 0 Å². The molecule has 0 spiro atoms. The second kappa shape index (κ2) is 6.17. The number of hydrogen-bond acceptors (Lipinski definition) is 6. The number of carbonyl (C=O) groups is 1. The van der Waals surface area contributed by atoms with Gasteiger partial charge in [0.05, 0.1) is 23.4 Å². The number of nitrogens with zero attached hydrogens (tertiary/aromatic N) is 5. The summed E-state index contributed by atoms with van der Waals surface area (Å²) in [6.07, 6.45) is 1.83. The fourth-order valence-corrected chi connectivity index (χ4v) is 2.92. The van der Waals surface area contributed by atoms with Crippen LogP contribution in [0.15, 0.2) is 24.4 Å². The van der Waals surface area contributed by atoms with E-state index in [4.69, 9.17) is 15.2 Å². The molecule has 1 aliphatic heterocycles. The molecule has 0 aliphatic carbocycles. The summed E-state index contributed by atoms with van der Waals surface area (Å²) in [5, 5.41) is 8.83. The Balaban J connectivity index is 1.85. The zero-order chi connectivity index (χ0) is 18.3. The molecule has 0 atom stereocenters. The van der Waals surface area contributed by atoms with Gasteiger partial charge in [-0.3, -0.25) is 9.48 Å². The summed E-state index contributed by atoms with van der Waals surface area (Å²) >= 11 is 0. The molecule has 2 aromatic heterocycles. The molecular formula is C17H18N6O3. The number of nitrogens with two attached hydrogens (primary N) is 1. The normalized spacial score (nSPS) is 13.0. The first-order chi connectivity index (χ1) is 12.5. The summed E-state index contributed by atoms with van der Waals surface area (Å²) in [6, 6.07) is 5.54. The molecule has 26 heavy (non-hydrogen) atoms. The number of aromatic nitrogens is 5. The molecule has 2 N–H and O–H groups in total. The lowest BCUT2D eigenvalue weighted by Crippen LogP contribution is -2.16. The van der Waals surface area contributed by atoms with Gasteiger partial charge < -0.3 is 15.2 Å². The minimum atomic E-state index is -0.487. The number of amides is 1. The topological polar surface area (TPSA) is 110 Å². The molecule has 0 fully saturated rings. The van der Waals surface area contributed by atoms with Crippen LogP contribution in [0.2, 0.25) is 0 Å². The average Bonchev–Trinajstić information content (AvgIpc) is 3.16. The van der Waals surface area contributed by atoms with Crippen LogP contribution in [0.3, 0.4) is 0 Å². The number of hydrogen-bond donors (Lipinski definition) is 1. The van der Waals surface area contributed by atoms with Gasteiger partial charge in [-0.2, -0.15) is 10.2 Å². The van der Waals surface area contributed by atoms with E-state index in [1.165, 1.54) is 0 Å². The maximum absolute atomic E-state index is 11.3. The molecule has 0 saturated carbocycles. The average molecular weight is 354 g/mol. The van der Waals surface area contributed by atoms with Crippen molar-refractivity contribution in [3.63, 3.8) is 0 Å². The first-order valence-corrected chi connectivity index (χ1v) is 8.16. The summed E-state index contributed by atoms with van der Waals surface area (Å²) < 4.78 is 14.6. The fourth-order valence-electron chi connectivity index (χ4n) is 2.92. The lowest BCUT2D eigenvalue weighted by atomic mass is 10.2. The molecule has 9 heteroatoms. The van der Waals surface area contributed by atoms with Gasteiger partial charge in [0.2, 0.25) is 5.91 Å². The molecule has 0 bridgehead atoms. The molecule has 1 aliphatic rings. The van der Waals surface area contributed by atoms with E-state index >= 15 is 0 Å². The van der Waals surface area contributed by atoms with E-state index in [1.807, 2.05) is 38.4 Å². The van der Waals surface area contributed by atoms with Crippen LogP contribution in [0.5, 0.6) is 11.5 Å². The third-order valence-electron chi connectivity index (χ3n) is 4.01. The van der Waals surface area contributed by atoms with Crippen molar-refractivity contribution < 1.29 is 14.3 Å². The molecule has 3 heterocycles. The van der Waals surface area contributed by atoms with Gasteiger partial charge in [-0.05, 0) is 19.1 Å². The van der Waals surface area contributed by atoms with E-state index in [2.05, 4.69) is 15.2 Å². The van der Waals surface area contributed by atoms with E-state index < -0.39 is 5.91 Å². The van der Waals surface area contributed by atoms with Crippen LogP contribution in [0.4, 0.5) is 0 Å². The second-order valence-electron chi connectivity index (χ2n) is 6.04. The monoisotopic (exact) mass is 354 g/mol. The summed E-state index contributed by atoms with van der Waals surface area (Å²) in [7, 11) is 1.84. The predicted molar refractivity (Wildman–Crippen MR) is 92.2 cm³/mol. The first-order valence-electron chi connectivity index (χ1n) is 8.16. The Labute approximate surface area is 149 Å². The van der Waals surface area contributed by atoms with E-state index in [0.717, 1.165) is 16.9 Å². The third-order valence-corrected chi connectivity index (χ3v) is 4.01. The maximum Gasteiger partial charge on any atom is 0.225 e. The Morgan fingerprint density at radius 1 is 1.23 bits per heavy atom. The zero-order valence-corrected chi connectivity index (χ0v) is 14.5. The second-order valence-corrected chi connectivity index (χ2v) is 6.04. The number of primary amides is 1. The van der Waals surface area contributed by atoms with Crippen LogP contribution in [0.1, 0.15) is 11.5 Å². The van der Waals surface area contributed by atoms with Crippen LogP contribution < -0.4 is 15.2 Å². The molecule has 4 rings (SSSR count). The molecule has 0 unspecified atom stereocenters. The summed E-state index contributed by atoms with van der Waals surface area (Å²) in [5.74, 6) is 1.79. The highest BCUT2D eigenvalue weighted by Crippen LogP contribution is 2.33. The number of ether oxygens (including phenoxy) is 2. The molecule has 134 valence electrons. The van der Waals surface area contributed by atoms with Crippen molar-refractivity contribution in [3.8, 4) is 28.6 Å². The molecule has 1 aromatic carbocycles. The highest BCUT2D eigenvalue weighted by molar-refractivity contribution is 5.76. The molecular weight excluding hydrogens is 336 g/mol. The Bertz CT molecular complexity index is 991. The van der Waals surface area contributed by atoms with Gasteiger partial charge in [0.25, 0.3) is 0 Å². The molecule has 3 aromatic rings. The van der Waals surface area contributed by atoms with Crippen LogP contribution >= 0.6 is 0 Å². The highest BCUT2D eigenvalue weighted by atomic mass is 16.6. The Morgan fingerprint density at radius 3 is 2.69 bits per heavy atom. The summed E-state index contributed by atoms with van der Waals surface area (Å²) in [4.78, 5) is 15.8. The van der Waals surface area contributed by atoms with Crippen molar-refractivity contribution in [3.05, 3.63) is 35.9 Å². The number of rotatable bonds is 4. The van der Waals surface area contributed by atoms with E-state index in [1.54, 1.807) is 9.36 Å². The van der Waals surface area contributed by atoms with Crippen molar-refractivity contribution >= 4 is 5.91 Å². The molecule has 9 nitrogen and oxygen atoms in total. The number of benzene rings is 1. The summed E-state index contributed by atoms with van der Waals surface area (Å²) in [5.41, 5.74) is 7.69. The van der Waals surface area contributed by atoms with Crippen LogP contribution in [0.25, 0.3) is 17.1 Å². The Hall–Kier alpha value is -3.36. The van der Waals surface area contributed by atoms with Crippen LogP contribution in [-0.4, -0.2) is 43.7 Å². The van der Waals surface area contributed by atoms with Crippen molar-refractivity contribution in [1.82, 2.24) is 24.5 Å². The lowest BCUT2D eigenvalue weighted by Gasteiger charge is -2.19. The van der Waals surface area contributed by atoms with Crippen molar-refractivity contribution in [2.75, 3.05) is 13.2 Å². The largest absolute Gasteiger partial charge is 0.486 e. The fraction of sp³-hybridized carbons (Fsp3) is 0.294. The first kappa shape index (κ1) is 16.1. The Morgan fingerprint density at radius 2 is 2.00 bits per heavy atom. The standard InChI is InChI=1S/C17H18N6O3/c1-10-12(9-22(2)20-10)17-19-16(8-15(18)24)21-23(17)11-3-4-13-14(7-11)26-6-5-25-13/h3-4,7,9H,5-6,8H2,1-2H3,(H2,18,24). The molecule has 0 radical (unpaired) electrons. The minimum Gasteiger partial charge on any atom is -0.486 e. The third kappa shape index (κ3) is 2.87. The van der Waals surface area contributed by atoms with Gasteiger partial charge in [-0.1, -0.05) is 0 Å². The van der Waals surface area contributed by atoms with Gasteiger partial charge in [0.15, 0.2) is 23.1 Å². The van der Waals surface area contributed by atoms with E-state index in [-0.39, 0.29) is 6.42 Å². The molecule has 1 amide bonds. The lowest BCUT2D eigenvalue weighted by molar-refractivity contribution is -0.117. The number of fused-ring (bicyclic) bond motifs is 1. The minimum absolute atomic E-state index is 0.0378. The van der Waals surface area contributed by atoms with Crippen LogP contribution in [-0.2, 0) is 18.3 Å². The predicted octanol–water partition coefficient (Wildman–Crippen LogP) is 0.775. The smallest absolute Gasteiger partial charge is 0.225 e. The van der Waals surface area contributed by atoms with Gasteiger partial charge in [0.1, 0.15) is 13.2 Å².